The Labute approximate surface area is 150 Å². The van der Waals surface area contributed by atoms with E-state index in [9.17, 15) is 4.79 Å². The van der Waals surface area contributed by atoms with E-state index in [1.54, 1.807) is 6.20 Å². The number of nitrogens with one attached hydrogen (secondary N) is 1. The van der Waals surface area contributed by atoms with E-state index in [1.807, 2.05) is 35.2 Å². The van der Waals surface area contributed by atoms with Crippen LogP contribution in [0.5, 0.6) is 0 Å². The van der Waals surface area contributed by atoms with Crippen LogP contribution in [-0.4, -0.2) is 23.4 Å². The first-order valence-electron chi connectivity index (χ1n) is 9.43. The van der Waals surface area contributed by atoms with E-state index < -0.39 is 0 Å². The highest BCUT2D eigenvalue weighted by atomic mass is 16.6. The molecule has 0 spiro atoms. The van der Waals surface area contributed by atoms with Crippen LogP contribution in [0.2, 0.25) is 0 Å². The number of nitrogens with zero attached hydrogens (tertiary/aromatic N) is 1. The molecule has 1 saturated carbocycles. The molecule has 0 radical (unpaired) electrons. The predicted octanol–water partition coefficient (Wildman–Crippen LogP) is 3.08. The van der Waals surface area contributed by atoms with Crippen LogP contribution in [0.25, 0.3) is 0 Å². The molecule has 1 atom stereocenters. The molecule has 3 N–H and O–H groups in total. The van der Waals surface area contributed by atoms with Crippen LogP contribution in [0.15, 0.2) is 42.2 Å². The lowest BCUT2D eigenvalue weighted by atomic mass is 9.84. The maximum atomic E-state index is 12.8. The van der Waals surface area contributed by atoms with Gasteiger partial charge in [0.1, 0.15) is 0 Å². The van der Waals surface area contributed by atoms with E-state index in [4.69, 9.17) is 10.6 Å². The highest BCUT2D eigenvalue weighted by Crippen LogP contribution is 2.28. The molecule has 0 unspecified atom stereocenters. The fourth-order valence-corrected chi connectivity index (χ4v) is 3.78. The Kier molecular flexibility index (Phi) is 6.48. The van der Waals surface area contributed by atoms with E-state index in [0.29, 0.717) is 12.5 Å². The Morgan fingerprint density at radius 3 is 2.76 bits per heavy atom. The van der Waals surface area contributed by atoms with Crippen molar-refractivity contribution in [3.05, 3.63) is 47.8 Å². The summed E-state index contributed by atoms with van der Waals surface area (Å²) < 4.78 is 0. The van der Waals surface area contributed by atoms with Gasteiger partial charge in [0.05, 0.1) is 12.6 Å². The van der Waals surface area contributed by atoms with Gasteiger partial charge in [-0.2, -0.15) is 0 Å². The van der Waals surface area contributed by atoms with Gasteiger partial charge in [-0.25, -0.2) is 0 Å². The van der Waals surface area contributed by atoms with Gasteiger partial charge in [0.2, 0.25) is 5.91 Å². The summed E-state index contributed by atoms with van der Waals surface area (Å²) in [5.74, 6) is 0.408. The molecule has 1 aromatic carbocycles. The lowest BCUT2D eigenvalue weighted by Crippen LogP contribution is -2.46. The Morgan fingerprint density at radius 1 is 1.24 bits per heavy atom. The Hall–Kier alpha value is -1.85. The second-order valence-corrected chi connectivity index (χ2v) is 7.05. The van der Waals surface area contributed by atoms with Crippen molar-refractivity contribution in [2.24, 2.45) is 11.7 Å². The van der Waals surface area contributed by atoms with Gasteiger partial charge in [0, 0.05) is 18.4 Å². The molecule has 2 aliphatic rings. The Balaban J connectivity index is 1.51. The zero-order valence-electron chi connectivity index (χ0n) is 14.8. The van der Waals surface area contributed by atoms with Crippen molar-refractivity contribution in [2.45, 2.75) is 57.6 Å². The number of likely N-dealkylation sites (tertiary alicyclic amines) is 1. The van der Waals surface area contributed by atoms with Gasteiger partial charge < -0.3 is 10.6 Å². The summed E-state index contributed by atoms with van der Waals surface area (Å²) in [7, 11) is 0. The van der Waals surface area contributed by atoms with Gasteiger partial charge in [-0.3, -0.25) is 15.1 Å². The quantitative estimate of drug-likeness (QED) is 0.615. The normalized spacial score (nSPS) is 21.5. The standard InChI is InChI=1S/C20H29N3O2/c21-19(17-10-5-2-6-11-17)20(24)23-13-7-12-18(23)14-22-25-15-16-8-3-1-4-9-16/h1,3-4,8-9,14,17,19,22H,2,5-7,10-13,15,21H2/t19-/m0/s1. The summed E-state index contributed by atoms with van der Waals surface area (Å²) in [5.41, 5.74) is 11.3. The second-order valence-electron chi connectivity index (χ2n) is 7.05. The smallest absolute Gasteiger partial charge is 0.243 e. The summed E-state index contributed by atoms with van der Waals surface area (Å²) in [6.07, 6.45) is 9.50. The number of hydrogen-bond acceptors (Lipinski definition) is 4. The van der Waals surface area contributed by atoms with Crippen LogP contribution in [-0.2, 0) is 16.2 Å². The van der Waals surface area contributed by atoms with Crippen molar-refractivity contribution in [2.75, 3.05) is 6.54 Å². The molecule has 2 fully saturated rings. The van der Waals surface area contributed by atoms with Gasteiger partial charge >= 0.3 is 0 Å². The van der Waals surface area contributed by atoms with Gasteiger partial charge in [-0.05, 0) is 37.2 Å². The van der Waals surface area contributed by atoms with Crippen LogP contribution in [0.4, 0.5) is 0 Å². The molecule has 1 amide bonds. The van der Waals surface area contributed by atoms with Crippen LogP contribution in [0.3, 0.4) is 0 Å². The number of carbonyl (C=O) groups excluding carboxylic acids is 1. The third-order valence-electron chi connectivity index (χ3n) is 5.26. The van der Waals surface area contributed by atoms with Crippen LogP contribution in [0, 0.1) is 5.92 Å². The first-order valence-corrected chi connectivity index (χ1v) is 9.43. The zero-order valence-corrected chi connectivity index (χ0v) is 14.8. The SMILES string of the molecule is N[C@H](C(=O)N1CCCC1=CNOCc1ccccc1)C1CCCCC1. The summed E-state index contributed by atoms with van der Waals surface area (Å²) in [5, 5.41) is 0. The van der Waals surface area contributed by atoms with E-state index >= 15 is 0 Å². The number of amides is 1. The average molecular weight is 343 g/mol. The zero-order chi connectivity index (χ0) is 17.5. The van der Waals surface area contributed by atoms with Crippen molar-refractivity contribution >= 4 is 5.91 Å². The minimum Gasteiger partial charge on any atom is -0.320 e. The molecular formula is C20H29N3O2. The fraction of sp³-hybridized carbons (Fsp3) is 0.550. The van der Waals surface area contributed by atoms with Crippen LogP contribution in [0.1, 0.15) is 50.5 Å². The van der Waals surface area contributed by atoms with E-state index in [2.05, 4.69) is 5.48 Å². The number of rotatable bonds is 6. The number of carbonyl (C=O) groups is 1. The summed E-state index contributed by atoms with van der Waals surface area (Å²) >= 11 is 0. The maximum absolute atomic E-state index is 12.8. The lowest BCUT2D eigenvalue weighted by Gasteiger charge is -2.30. The Bertz CT molecular complexity index is 582. The van der Waals surface area contributed by atoms with Crippen LogP contribution >= 0.6 is 0 Å². The van der Waals surface area contributed by atoms with Crippen molar-refractivity contribution in [1.82, 2.24) is 10.4 Å². The minimum atomic E-state index is -0.368. The van der Waals surface area contributed by atoms with E-state index in [-0.39, 0.29) is 11.9 Å². The largest absolute Gasteiger partial charge is 0.320 e. The van der Waals surface area contributed by atoms with Gasteiger partial charge in [0.25, 0.3) is 0 Å². The number of hydroxylamine groups is 1. The molecule has 0 bridgehead atoms. The predicted molar refractivity (Wildman–Crippen MR) is 97.9 cm³/mol. The summed E-state index contributed by atoms with van der Waals surface area (Å²) in [6, 6.07) is 9.62. The Morgan fingerprint density at radius 2 is 2.00 bits per heavy atom. The summed E-state index contributed by atoms with van der Waals surface area (Å²) in [6.45, 7) is 1.24. The average Bonchev–Trinajstić information content (AvgIpc) is 3.14. The summed E-state index contributed by atoms with van der Waals surface area (Å²) in [4.78, 5) is 20.1. The lowest BCUT2D eigenvalue weighted by molar-refractivity contribution is -0.131. The van der Waals surface area contributed by atoms with Crippen molar-refractivity contribution in [3.63, 3.8) is 0 Å². The molecule has 25 heavy (non-hydrogen) atoms. The van der Waals surface area contributed by atoms with Crippen molar-refractivity contribution < 1.29 is 9.63 Å². The first-order chi connectivity index (χ1) is 12.3. The third-order valence-corrected chi connectivity index (χ3v) is 5.26. The third kappa shape index (κ3) is 4.83. The number of hydrogen-bond donors (Lipinski definition) is 2. The van der Waals surface area contributed by atoms with Gasteiger partial charge in [-0.15, -0.1) is 0 Å². The van der Waals surface area contributed by atoms with Gasteiger partial charge in [-0.1, -0.05) is 49.6 Å². The molecule has 1 aliphatic carbocycles. The molecule has 0 aromatic heterocycles. The van der Waals surface area contributed by atoms with E-state index in [1.165, 1.54) is 19.3 Å². The molecule has 5 heteroatoms. The number of allylic oxidation sites excluding steroid dienone is 1. The molecule has 1 heterocycles. The molecule has 136 valence electrons. The van der Waals surface area contributed by atoms with Crippen LogP contribution < -0.4 is 11.2 Å². The first kappa shape index (κ1) is 18.0. The molecule has 5 nitrogen and oxygen atoms in total. The highest BCUT2D eigenvalue weighted by molar-refractivity contribution is 5.84. The molecular weight excluding hydrogens is 314 g/mol. The number of nitrogens with two attached hydrogens (primary N) is 1. The molecule has 3 rings (SSSR count). The van der Waals surface area contributed by atoms with Crippen molar-refractivity contribution in [3.8, 4) is 0 Å². The maximum Gasteiger partial charge on any atom is 0.243 e. The number of benzene rings is 1. The monoisotopic (exact) mass is 343 g/mol. The minimum absolute atomic E-state index is 0.0699. The van der Waals surface area contributed by atoms with E-state index in [0.717, 1.165) is 43.5 Å². The molecule has 1 saturated heterocycles. The molecule has 1 aromatic rings. The van der Waals surface area contributed by atoms with Gasteiger partial charge in [0.15, 0.2) is 0 Å². The molecule has 1 aliphatic heterocycles. The van der Waals surface area contributed by atoms with Crippen molar-refractivity contribution in [1.29, 1.82) is 0 Å². The highest BCUT2D eigenvalue weighted by Gasteiger charge is 2.32. The fourth-order valence-electron chi connectivity index (χ4n) is 3.78. The topological polar surface area (TPSA) is 67.6 Å². The second kappa shape index (κ2) is 9.02.